The molecule has 0 radical (unpaired) electrons. The Labute approximate surface area is 157 Å². The summed E-state index contributed by atoms with van der Waals surface area (Å²) >= 11 is 0. The monoisotopic (exact) mass is 378 g/mol. The van der Waals surface area contributed by atoms with Crippen LogP contribution in [0.2, 0.25) is 0 Å². The van der Waals surface area contributed by atoms with Gasteiger partial charge in [0.1, 0.15) is 5.76 Å². The molecular weight excluding hydrogens is 356 g/mol. The molecule has 1 rings (SSSR count). The molecule has 0 spiro atoms. The van der Waals surface area contributed by atoms with E-state index in [1.165, 1.54) is 38.3 Å². The molecule has 0 amide bonds. The maximum absolute atomic E-state index is 14.0. The van der Waals surface area contributed by atoms with E-state index in [0.717, 1.165) is 0 Å². The van der Waals surface area contributed by atoms with Crippen molar-refractivity contribution in [2.75, 3.05) is 7.11 Å². The van der Waals surface area contributed by atoms with E-state index < -0.39 is 29.0 Å². The highest BCUT2D eigenvalue weighted by molar-refractivity contribution is 5.49. The van der Waals surface area contributed by atoms with Gasteiger partial charge in [-0.05, 0) is 36.5 Å². The number of ether oxygens (including phenoxy) is 1. The molecular formula is C22H22F4O. The Bertz CT molecular complexity index is 844. The largest absolute Gasteiger partial charge is 0.494 e. The molecule has 0 fully saturated rings. The van der Waals surface area contributed by atoms with Crippen molar-refractivity contribution in [2.24, 2.45) is 0 Å². The molecule has 0 heterocycles. The second-order valence-electron chi connectivity index (χ2n) is 5.92. The second-order valence-corrected chi connectivity index (χ2v) is 5.92. The second kappa shape index (κ2) is 9.76. The summed E-state index contributed by atoms with van der Waals surface area (Å²) < 4.78 is 59.6. The minimum absolute atomic E-state index is 0.125. The van der Waals surface area contributed by atoms with Crippen molar-refractivity contribution in [1.29, 1.82) is 0 Å². The molecule has 0 bridgehead atoms. The van der Waals surface area contributed by atoms with Gasteiger partial charge in [0, 0.05) is 5.57 Å². The van der Waals surface area contributed by atoms with Crippen LogP contribution in [0.15, 0.2) is 84.7 Å². The van der Waals surface area contributed by atoms with E-state index >= 15 is 0 Å². The third-order valence-corrected chi connectivity index (χ3v) is 3.93. The number of aryl methyl sites for hydroxylation is 2. The lowest BCUT2D eigenvalue weighted by Crippen LogP contribution is -1.97. The zero-order valence-corrected chi connectivity index (χ0v) is 15.5. The average molecular weight is 378 g/mol. The number of methoxy groups -OCH3 is 1. The third-order valence-electron chi connectivity index (χ3n) is 3.93. The van der Waals surface area contributed by atoms with Gasteiger partial charge in [0.15, 0.2) is 17.5 Å². The molecule has 0 aromatic heterocycles. The topological polar surface area (TPSA) is 9.23 Å². The Hall–Kier alpha value is -2.82. The first-order valence-electron chi connectivity index (χ1n) is 8.06. The van der Waals surface area contributed by atoms with E-state index in [1.807, 2.05) is 0 Å². The predicted molar refractivity (Wildman–Crippen MR) is 101 cm³/mol. The van der Waals surface area contributed by atoms with Gasteiger partial charge in [-0.15, -0.1) is 0 Å². The van der Waals surface area contributed by atoms with Crippen LogP contribution in [0.1, 0.15) is 17.5 Å². The van der Waals surface area contributed by atoms with E-state index in [-0.39, 0.29) is 28.7 Å². The van der Waals surface area contributed by atoms with Gasteiger partial charge >= 0.3 is 0 Å². The number of benzene rings is 1. The summed E-state index contributed by atoms with van der Waals surface area (Å²) in [7, 11) is 1.17. The quantitative estimate of drug-likeness (QED) is 0.263. The molecule has 27 heavy (non-hydrogen) atoms. The standard InChI is InChI=1S/C22H22F4O/c1-13(8-11-18-12-10-15(3)19(23)22(18)26)7-9-14(2)16(4)20(24)21(25)17(5)27-6/h7,9-10,12H,1-2,4-5,8,11H2,3,6H3/b9-7-,21-20-. The van der Waals surface area contributed by atoms with Gasteiger partial charge in [-0.3, -0.25) is 0 Å². The molecule has 0 N–H and O–H groups in total. The molecule has 0 atom stereocenters. The van der Waals surface area contributed by atoms with Crippen molar-refractivity contribution in [3.63, 3.8) is 0 Å². The lowest BCUT2D eigenvalue weighted by molar-refractivity contribution is 0.281. The van der Waals surface area contributed by atoms with Crippen LogP contribution in [0, 0.1) is 18.6 Å². The van der Waals surface area contributed by atoms with Gasteiger partial charge in [0.05, 0.1) is 7.11 Å². The Morgan fingerprint density at radius 2 is 1.63 bits per heavy atom. The third kappa shape index (κ3) is 5.84. The van der Waals surface area contributed by atoms with Crippen molar-refractivity contribution in [3.8, 4) is 0 Å². The Morgan fingerprint density at radius 3 is 2.22 bits per heavy atom. The Morgan fingerprint density at radius 1 is 1.00 bits per heavy atom. The molecule has 5 heteroatoms. The number of rotatable bonds is 9. The van der Waals surface area contributed by atoms with Gasteiger partial charge < -0.3 is 4.74 Å². The van der Waals surface area contributed by atoms with Gasteiger partial charge in [-0.25, -0.2) is 13.2 Å². The van der Waals surface area contributed by atoms with Crippen molar-refractivity contribution < 1.29 is 22.3 Å². The van der Waals surface area contributed by atoms with Crippen LogP contribution in [0.4, 0.5) is 17.6 Å². The first-order valence-corrected chi connectivity index (χ1v) is 8.06. The summed E-state index contributed by atoms with van der Waals surface area (Å²) in [6, 6.07) is 3.03. The maximum Gasteiger partial charge on any atom is 0.200 e. The fraction of sp³-hybridized carbons (Fsp3) is 0.182. The minimum Gasteiger partial charge on any atom is -0.494 e. The molecule has 0 saturated heterocycles. The fourth-order valence-corrected chi connectivity index (χ4v) is 2.06. The number of allylic oxidation sites excluding steroid dienone is 7. The highest BCUT2D eigenvalue weighted by Gasteiger charge is 2.15. The minimum atomic E-state index is -1.26. The molecule has 144 valence electrons. The summed E-state index contributed by atoms with van der Waals surface area (Å²) in [5.41, 5.74) is 0.922. The fourth-order valence-electron chi connectivity index (χ4n) is 2.06. The highest BCUT2D eigenvalue weighted by Crippen LogP contribution is 2.27. The van der Waals surface area contributed by atoms with Crippen LogP contribution in [0.3, 0.4) is 0 Å². The molecule has 0 aliphatic carbocycles. The van der Waals surface area contributed by atoms with E-state index in [4.69, 9.17) is 0 Å². The zero-order chi connectivity index (χ0) is 20.7. The number of hydrogen-bond acceptors (Lipinski definition) is 1. The normalized spacial score (nSPS) is 11.9. The van der Waals surface area contributed by atoms with E-state index in [2.05, 4.69) is 31.1 Å². The van der Waals surface area contributed by atoms with Crippen molar-refractivity contribution in [1.82, 2.24) is 0 Å². The maximum atomic E-state index is 14.0. The van der Waals surface area contributed by atoms with Crippen molar-refractivity contribution >= 4 is 0 Å². The number of halogens is 4. The smallest absolute Gasteiger partial charge is 0.200 e. The highest BCUT2D eigenvalue weighted by atomic mass is 19.2. The van der Waals surface area contributed by atoms with E-state index in [1.54, 1.807) is 0 Å². The summed E-state index contributed by atoms with van der Waals surface area (Å²) in [6.45, 7) is 15.6. The van der Waals surface area contributed by atoms with E-state index in [0.29, 0.717) is 12.0 Å². The predicted octanol–water partition coefficient (Wildman–Crippen LogP) is 6.74. The summed E-state index contributed by atoms with van der Waals surface area (Å²) in [5, 5.41) is 0. The van der Waals surface area contributed by atoms with Crippen LogP contribution in [-0.4, -0.2) is 7.11 Å². The molecule has 1 aromatic rings. The van der Waals surface area contributed by atoms with Gasteiger partial charge in [-0.1, -0.05) is 56.2 Å². The first-order chi connectivity index (χ1) is 12.6. The molecule has 0 aliphatic rings. The zero-order valence-electron chi connectivity index (χ0n) is 15.5. The average Bonchev–Trinajstić information content (AvgIpc) is 2.67. The van der Waals surface area contributed by atoms with Crippen LogP contribution >= 0.6 is 0 Å². The summed E-state index contributed by atoms with van der Waals surface area (Å²) in [6.07, 6.45) is 3.55. The first kappa shape index (κ1) is 22.2. The lowest BCUT2D eigenvalue weighted by Gasteiger charge is -2.08. The summed E-state index contributed by atoms with van der Waals surface area (Å²) in [5.74, 6) is -4.67. The van der Waals surface area contributed by atoms with Crippen LogP contribution in [0.5, 0.6) is 0 Å². The van der Waals surface area contributed by atoms with Crippen LogP contribution in [-0.2, 0) is 11.2 Å². The molecule has 0 aliphatic heterocycles. The molecule has 1 aromatic carbocycles. The van der Waals surface area contributed by atoms with E-state index in [9.17, 15) is 17.6 Å². The SMILES string of the molecule is C=C(/C=C\C(=C)C(=C)/C(F)=C(/F)C(=C)OC)CCc1ccc(C)c(F)c1F. The molecule has 1 nitrogen and oxygen atoms in total. The molecule has 0 unspecified atom stereocenters. The lowest BCUT2D eigenvalue weighted by atomic mass is 10.0. The van der Waals surface area contributed by atoms with Gasteiger partial charge in [0.2, 0.25) is 5.83 Å². The van der Waals surface area contributed by atoms with Gasteiger partial charge in [0.25, 0.3) is 0 Å². The number of hydrogen-bond donors (Lipinski definition) is 0. The van der Waals surface area contributed by atoms with Crippen molar-refractivity contribution in [2.45, 2.75) is 19.8 Å². The van der Waals surface area contributed by atoms with Crippen LogP contribution < -0.4 is 0 Å². The van der Waals surface area contributed by atoms with Crippen molar-refractivity contribution in [3.05, 3.63) is 107 Å². The molecule has 0 saturated carbocycles. The van der Waals surface area contributed by atoms with Gasteiger partial charge in [-0.2, -0.15) is 4.39 Å². The van der Waals surface area contributed by atoms with Crippen LogP contribution in [0.25, 0.3) is 0 Å². The Balaban J connectivity index is 2.73. The summed E-state index contributed by atoms with van der Waals surface area (Å²) in [4.78, 5) is 0. The Kier molecular flexibility index (Phi) is 8.03.